The van der Waals surface area contributed by atoms with E-state index in [1.54, 1.807) is 16.3 Å². The van der Waals surface area contributed by atoms with Gasteiger partial charge in [0.25, 0.3) is 5.56 Å². The average molecular weight is 362 g/mol. The van der Waals surface area contributed by atoms with Crippen LogP contribution in [0.3, 0.4) is 0 Å². The normalized spacial score (nSPS) is 11.2. The molecule has 0 saturated carbocycles. The lowest BCUT2D eigenvalue weighted by atomic mass is 10.1. The van der Waals surface area contributed by atoms with E-state index >= 15 is 0 Å². The first-order valence-corrected chi connectivity index (χ1v) is 9.32. The highest BCUT2D eigenvalue weighted by molar-refractivity contribution is 7.98. The van der Waals surface area contributed by atoms with Crippen molar-refractivity contribution in [2.24, 2.45) is 0 Å². The van der Waals surface area contributed by atoms with Gasteiger partial charge in [-0.15, -0.1) is 0 Å². The van der Waals surface area contributed by atoms with E-state index in [1.165, 1.54) is 17.3 Å². The standard InChI is InChI=1S/C20H18N4OS/c1-13-7-9-16(10-8-13)24-19(25)17-11-21-23-18(17)22-20(24)26-12-15-6-4-3-5-14(15)2/h3-11H,12H2,1-2H3,(H,21,23). The van der Waals surface area contributed by atoms with Crippen molar-refractivity contribution < 1.29 is 0 Å². The molecule has 0 atom stereocenters. The minimum absolute atomic E-state index is 0.111. The molecule has 26 heavy (non-hydrogen) atoms. The van der Waals surface area contributed by atoms with Crippen molar-refractivity contribution in [3.63, 3.8) is 0 Å². The highest BCUT2D eigenvalue weighted by Gasteiger charge is 2.15. The van der Waals surface area contributed by atoms with Crippen molar-refractivity contribution in [3.8, 4) is 5.69 Å². The summed E-state index contributed by atoms with van der Waals surface area (Å²) < 4.78 is 1.67. The van der Waals surface area contributed by atoms with Crippen molar-refractivity contribution in [2.45, 2.75) is 24.8 Å². The van der Waals surface area contributed by atoms with Gasteiger partial charge in [-0.3, -0.25) is 14.5 Å². The van der Waals surface area contributed by atoms with Crippen LogP contribution in [0.15, 0.2) is 64.7 Å². The Hall–Kier alpha value is -2.86. The van der Waals surface area contributed by atoms with Gasteiger partial charge < -0.3 is 0 Å². The average Bonchev–Trinajstić information content (AvgIpc) is 3.11. The number of hydrogen-bond donors (Lipinski definition) is 1. The first kappa shape index (κ1) is 16.6. The monoisotopic (exact) mass is 362 g/mol. The molecule has 0 spiro atoms. The summed E-state index contributed by atoms with van der Waals surface area (Å²) in [6, 6.07) is 16.1. The molecule has 2 aromatic carbocycles. The molecular formula is C20H18N4OS. The van der Waals surface area contributed by atoms with Crippen LogP contribution in [0, 0.1) is 13.8 Å². The number of aromatic amines is 1. The van der Waals surface area contributed by atoms with Gasteiger partial charge in [0.05, 0.1) is 11.9 Å². The highest BCUT2D eigenvalue weighted by atomic mass is 32.2. The smallest absolute Gasteiger partial charge is 0.268 e. The third-order valence-electron chi connectivity index (χ3n) is 4.36. The molecule has 130 valence electrons. The summed E-state index contributed by atoms with van der Waals surface area (Å²) in [4.78, 5) is 17.7. The Labute approximate surface area is 155 Å². The fourth-order valence-electron chi connectivity index (χ4n) is 2.81. The summed E-state index contributed by atoms with van der Waals surface area (Å²) in [5, 5.41) is 7.93. The Morgan fingerprint density at radius 3 is 2.62 bits per heavy atom. The molecule has 0 aliphatic rings. The van der Waals surface area contributed by atoms with E-state index in [0.717, 1.165) is 17.0 Å². The molecule has 0 bridgehead atoms. The molecule has 4 aromatic rings. The number of hydrogen-bond acceptors (Lipinski definition) is 4. The van der Waals surface area contributed by atoms with Crippen LogP contribution in [-0.2, 0) is 5.75 Å². The van der Waals surface area contributed by atoms with Gasteiger partial charge >= 0.3 is 0 Å². The van der Waals surface area contributed by atoms with E-state index in [-0.39, 0.29) is 5.56 Å². The van der Waals surface area contributed by atoms with Gasteiger partial charge in [0, 0.05) is 5.75 Å². The molecular weight excluding hydrogens is 344 g/mol. The molecule has 2 aromatic heterocycles. The summed E-state index contributed by atoms with van der Waals surface area (Å²) in [5.41, 5.74) is 4.82. The first-order valence-electron chi connectivity index (χ1n) is 8.34. The quantitative estimate of drug-likeness (QED) is 0.440. The number of aryl methyl sites for hydroxylation is 2. The number of aromatic nitrogens is 4. The van der Waals surface area contributed by atoms with Crippen molar-refractivity contribution in [3.05, 3.63) is 81.8 Å². The van der Waals surface area contributed by atoms with E-state index in [2.05, 4.69) is 34.2 Å². The Morgan fingerprint density at radius 1 is 1.08 bits per heavy atom. The molecule has 0 amide bonds. The van der Waals surface area contributed by atoms with Gasteiger partial charge in [-0.25, -0.2) is 4.98 Å². The topological polar surface area (TPSA) is 63.6 Å². The van der Waals surface area contributed by atoms with E-state index in [0.29, 0.717) is 16.2 Å². The van der Waals surface area contributed by atoms with Crippen LogP contribution >= 0.6 is 11.8 Å². The number of fused-ring (bicyclic) bond motifs is 1. The van der Waals surface area contributed by atoms with Crippen LogP contribution in [-0.4, -0.2) is 19.7 Å². The van der Waals surface area contributed by atoms with E-state index in [9.17, 15) is 4.79 Å². The van der Waals surface area contributed by atoms with Gasteiger partial charge in [-0.2, -0.15) is 5.10 Å². The lowest BCUT2D eigenvalue weighted by molar-refractivity contribution is 0.815. The van der Waals surface area contributed by atoms with Crippen LogP contribution in [0.1, 0.15) is 16.7 Å². The summed E-state index contributed by atoms with van der Waals surface area (Å²) >= 11 is 1.55. The van der Waals surface area contributed by atoms with Crippen molar-refractivity contribution >= 4 is 22.8 Å². The number of H-pyrrole nitrogens is 1. The number of nitrogens with zero attached hydrogens (tertiary/aromatic N) is 3. The zero-order valence-electron chi connectivity index (χ0n) is 14.6. The minimum Gasteiger partial charge on any atom is -0.268 e. The Balaban J connectivity index is 1.82. The number of benzene rings is 2. The summed E-state index contributed by atoms with van der Waals surface area (Å²) in [6.07, 6.45) is 1.53. The zero-order valence-corrected chi connectivity index (χ0v) is 15.4. The number of thioether (sulfide) groups is 1. The fraction of sp³-hybridized carbons (Fsp3) is 0.150. The van der Waals surface area contributed by atoms with Crippen LogP contribution in [0.4, 0.5) is 0 Å². The summed E-state index contributed by atoms with van der Waals surface area (Å²) in [6.45, 7) is 4.12. The lowest BCUT2D eigenvalue weighted by Gasteiger charge is -2.12. The molecule has 0 aliphatic heterocycles. The third kappa shape index (κ3) is 3.04. The minimum atomic E-state index is -0.111. The maximum atomic E-state index is 13.0. The second-order valence-electron chi connectivity index (χ2n) is 6.22. The Kier molecular flexibility index (Phi) is 4.34. The molecule has 0 radical (unpaired) electrons. The molecule has 5 nitrogen and oxygen atoms in total. The Morgan fingerprint density at radius 2 is 1.85 bits per heavy atom. The van der Waals surface area contributed by atoms with Crippen molar-refractivity contribution in [2.75, 3.05) is 0 Å². The van der Waals surface area contributed by atoms with E-state index in [4.69, 9.17) is 0 Å². The first-order chi connectivity index (χ1) is 12.6. The third-order valence-corrected chi connectivity index (χ3v) is 5.35. The summed E-state index contributed by atoms with van der Waals surface area (Å²) in [7, 11) is 0. The van der Waals surface area contributed by atoms with Crippen LogP contribution in [0.5, 0.6) is 0 Å². The molecule has 4 rings (SSSR count). The second-order valence-corrected chi connectivity index (χ2v) is 7.16. The maximum absolute atomic E-state index is 13.0. The number of rotatable bonds is 4. The number of nitrogens with one attached hydrogen (secondary N) is 1. The lowest BCUT2D eigenvalue weighted by Crippen LogP contribution is -2.21. The molecule has 6 heteroatoms. The largest absolute Gasteiger partial charge is 0.269 e. The predicted molar refractivity (Wildman–Crippen MR) is 105 cm³/mol. The van der Waals surface area contributed by atoms with Crippen LogP contribution in [0.2, 0.25) is 0 Å². The molecule has 0 unspecified atom stereocenters. The summed E-state index contributed by atoms with van der Waals surface area (Å²) in [5.74, 6) is 0.741. The molecule has 2 heterocycles. The SMILES string of the molecule is Cc1ccc(-n2c(SCc3ccccc3C)nc3[nH]ncc3c2=O)cc1. The molecule has 1 N–H and O–H groups in total. The van der Waals surface area contributed by atoms with Crippen LogP contribution in [0.25, 0.3) is 16.7 Å². The van der Waals surface area contributed by atoms with Gasteiger partial charge in [-0.05, 0) is 37.1 Å². The fourth-order valence-corrected chi connectivity index (χ4v) is 3.89. The second kappa shape index (κ2) is 6.80. The predicted octanol–water partition coefficient (Wildman–Crippen LogP) is 4.02. The molecule has 0 saturated heterocycles. The van der Waals surface area contributed by atoms with E-state index < -0.39 is 0 Å². The highest BCUT2D eigenvalue weighted by Crippen LogP contribution is 2.25. The van der Waals surface area contributed by atoms with Gasteiger partial charge in [0.2, 0.25) is 0 Å². The van der Waals surface area contributed by atoms with Gasteiger partial charge in [0.1, 0.15) is 5.39 Å². The Bertz CT molecular complexity index is 1130. The van der Waals surface area contributed by atoms with Crippen molar-refractivity contribution in [1.82, 2.24) is 19.7 Å². The van der Waals surface area contributed by atoms with Crippen molar-refractivity contribution in [1.29, 1.82) is 0 Å². The molecule has 0 aliphatic carbocycles. The molecule has 0 fully saturated rings. The van der Waals surface area contributed by atoms with Gasteiger partial charge in [0.15, 0.2) is 10.8 Å². The van der Waals surface area contributed by atoms with Crippen LogP contribution < -0.4 is 5.56 Å². The van der Waals surface area contributed by atoms with E-state index in [1.807, 2.05) is 43.3 Å². The maximum Gasteiger partial charge on any atom is 0.269 e. The van der Waals surface area contributed by atoms with Gasteiger partial charge in [-0.1, -0.05) is 53.7 Å². The zero-order chi connectivity index (χ0) is 18.1.